The Kier molecular flexibility index (Phi) is 8.21. The van der Waals surface area contributed by atoms with Gasteiger partial charge < -0.3 is 10.6 Å². The number of anilines is 2. The molecule has 0 aliphatic carbocycles. The maximum absolute atomic E-state index is 13.3. The van der Waals surface area contributed by atoms with Gasteiger partial charge in [0.2, 0.25) is 0 Å². The zero-order valence-electron chi connectivity index (χ0n) is 18.2. The molecule has 0 aliphatic rings. The van der Waals surface area contributed by atoms with Gasteiger partial charge in [-0.05, 0) is 37.1 Å². The summed E-state index contributed by atoms with van der Waals surface area (Å²) in [5, 5.41) is 0. The maximum atomic E-state index is 13.3. The lowest BCUT2D eigenvalue weighted by Gasteiger charge is -2.24. The minimum atomic E-state index is -3.40. The average molecular weight is 451 g/mol. The van der Waals surface area contributed by atoms with Gasteiger partial charge in [0.15, 0.2) is 15.5 Å². The van der Waals surface area contributed by atoms with Crippen molar-refractivity contribution >= 4 is 27.2 Å². The first-order chi connectivity index (χ1) is 14.7. The number of hydrogen-bond acceptors (Lipinski definition) is 6. The Hall–Kier alpha value is -2.88. The van der Waals surface area contributed by atoms with Crippen molar-refractivity contribution in [3.63, 3.8) is 0 Å². The number of aromatic amines is 1. The van der Waals surface area contributed by atoms with Crippen LogP contribution >= 0.6 is 0 Å². The molecule has 0 unspecified atom stereocenters. The maximum Gasteiger partial charge on any atom is 0.330 e. The zero-order valence-corrected chi connectivity index (χ0v) is 19.0. The van der Waals surface area contributed by atoms with Crippen LogP contribution in [0.2, 0.25) is 0 Å². The molecule has 1 amide bonds. The van der Waals surface area contributed by atoms with Crippen LogP contribution in [0, 0.1) is 0 Å². The Morgan fingerprint density at radius 1 is 1.06 bits per heavy atom. The van der Waals surface area contributed by atoms with E-state index in [1.165, 1.54) is 33.7 Å². The summed E-state index contributed by atoms with van der Waals surface area (Å²) in [6, 6.07) is 5.59. The highest BCUT2D eigenvalue weighted by Crippen LogP contribution is 2.21. The van der Waals surface area contributed by atoms with Gasteiger partial charge >= 0.3 is 5.69 Å². The largest absolute Gasteiger partial charge is 0.383 e. The number of nitrogens with one attached hydrogen (secondary N) is 1. The molecule has 1 heterocycles. The molecule has 31 heavy (non-hydrogen) atoms. The van der Waals surface area contributed by atoms with E-state index in [9.17, 15) is 22.8 Å². The van der Waals surface area contributed by atoms with Crippen molar-refractivity contribution in [3.05, 3.63) is 50.7 Å². The molecule has 0 saturated heterocycles. The lowest BCUT2D eigenvalue weighted by molar-refractivity contribution is 0.0986. The fourth-order valence-corrected chi connectivity index (χ4v) is 4.02. The molecule has 3 N–H and O–H groups in total. The number of sulfone groups is 1. The molecule has 0 aliphatic heterocycles. The van der Waals surface area contributed by atoms with Crippen molar-refractivity contribution in [2.24, 2.45) is 0 Å². The van der Waals surface area contributed by atoms with Gasteiger partial charge in [0, 0.05) is 18.7 Å². The lowest BCUT2D eigenvalue weighted by atomic mass is 10.1. The fourth-order valence-electron chi connectivity index (χ4n) is 3.13. The van der Waals surface area contributed by atoms with Gasteiger partial charge in [0.25, 0.3) is 11.5 Å². The SMILES string of the molecule is CCCCN(C(=O)c1ccc(S(=O)(=O)CC)cc1)c1c(N)n(CCCC)c(=O)[nH]c1=O. The van der Waals surface area contributed by atoms with Crippen LogP contribution in [0.1, 0.15) is 56.8 Å². The van der Waals surface area contributed by atoms with Crippen molar-refractivity contribution in [3.8, 4) is 0 Å². The smallest absolute Gasteiger partial charge is 0.330 e. The molecule has 0 bridgehead atoms. The summed E-state index contributed by atoms with van der Waals surface area (Å²) in [7, 11) is -3.40. The second-order valence-corrected chi connectivity index (χ2v) is 9.51. The number of nitrogens with two attached hydrogens (primary N) is 1. The number of carbonyl (C=O) groups excluding carboxylic acids is 1. The Morgan fingerprint density at radius 3 is 2.23 bits per heavy atom. The number of hydrogen-bond donors (Lipinski definition) is 2. The van der Waals surface area contributed by atoms with E-state index in [-0.39, 0.29) is 34.3 Å². The Balaban J connectivity index is 2.55. The molecule has 0 saturated carbocycles. The highest BCUT2D eigenvalue weighted by atomic mass is 32.2. The van der Waals surface area contributed by atoms with Gasteiger partial charge in [-0.25, -0.2) is 13.2 Å². The van der Waals surface area contributed by atoms with Crippen molar-refractivity contribution in [2.45, 2.75) is 57.9 Å². The van der Waals surface area contributed by atoms with Gasteiger partial charge in [0.05, 0.1) is 10.6 Å². The van der Waals surface area contributed by atoms with Crippen LogP contribution in [0.3, 0.4) is 0 Å². The molecule has 0 fully saturated rings. The highest BCUT2D eigenvalue weighted by molar-refractivity contribution is 7.91. The first-order valence-corrected chi connectivity index (χ1v) is 12.1. The number of benzene rings is 1. The van der Waals surface area contributed by atoms with Crippen molar-refractivity contribution < 1.29 is 13.2 Å². The van der Waals surface area contributed by atoms with E-state index in [0.717, 1.165) is 12.8 Å². The summed E-state index contributed by atoms with van der Waals surface area (Å²) in [5.41, 5.74) is 4.99. The number of rotatable bonds is 10. The molecule has 170 valence electrons. The van der Waals surface area contributed by atoms with Crippen LogP contribution < -0.4 is 21.9 Å². The number of nitrogen functional groups attached to an aromatic ring is 1. The Labute approximate surface area is 181 Å². The molecule has 10 heteroatoms. The van der Waals surface area contributed by atoms with Crippen LogP contribution in [-0.2, 0) is 16.4 Å². The van der Waals surface area contributed by atoms with Crippen LogP contribution in [-0.4, -0.2) is 36.2 Å². The van der Waals surface area contributed by atoms with E-state index in [1.54, 1.807) is 6.92 Å². The van der Waals surface area contributed by atoms with Gasteiger partial charge in [0.1, 0.15) is 5.82 Å². The van der Waals surface area contributed by atoms with E-state index >= 15 is 0 Å². The van der Waals surface area contributed by atoms with E-state index in [4.69, 9.17) is 5.73 Å². The number of amides is 1. The first-order valence-electron chi connectivity index (χ1n) is 10.4. The monoisotopic (exact) mass is 450 g/mol. The summed E-state index contributed by atoms with van der Waals surface area (Å²) in [6.45, 7) is 6.01. The molecule has 1 aromatic heterocycles. The van der Waals surface area contributed by atoms with Crippen molar-refractivity contribution in [1.82, 2.24) is 9.55 Å². The second-order valence-electron chi connectivity index (χ2n) is 7.24. The number of aromatic nitrogens is 2. The zero-order chi connectivity index (χ0) is 23.2. The fraction of sp³-hybridized carbons (Fsp3) is 0.476. The van der Waals surface area contributed by atoms with Crippen LogP contribution in [0.25, 0.3) is 0 Å². The summed E-state index contributed by atoms with van der Waals surface area (Å²) >= 11 is 0. The third kappa shape index (κ3) is 5.43. The molecule has 1 aromatic carbocycles. The van der Waals surface area contributed by atoms with E-state index in [2.05, 4.69) is 4.98 Å². The summed E-state index contributed by atoms with van der Waals surface area (Å²) in [6.07, 6.45) is 2.89. The first kappa shape index (κ1) is 24.4. The predicted octanol–water partition coefficient (Wildman–Crippen LogP) is 2.16. The minimum Gasteiger partial charge on any atom is -0.383 e. The van der Waals surface area contributed by atoms with Crippen LogP contribution in [0.5, 0.6) is 0 Å². The molecule has 0 atom stereocenters. The van der Waals surface area contributed by atoms with Gasteiger partial charge in [-0.2, -0.15) is 0 Å². The van der Waals surface area contributed by atoms with E-state index in [1.807, 2.05) is 13.8 Å². The molecule has 2 rings (SSSR count). The standard InChI is InChI=1S/C21H30N4O5S/c1-4-7-13-24(17-18(22)25(14-8-5-2)21(28)23-19(17)26)20(27)15-9-11-16(12-10-15)31(29,30)6-3/h9-12H,4-8,13-14,22H2,1-3H3,(H,23,26,28). The topological polar surface area (TPSA) is 135 Å². The van der Waals surface area contributed by atoms with Gasteiger partial charge in [-0.1, -0.05) is 33.6 Å². The van der Waals surface area contributed by atoms with Crippen LogP contribution in [0.15, 0.2) is 38.8 Å². The van der Waals surface area contributed by atoms with Gasteiger partial charge in [-0.15, -0.1) is 0 Å². The third-order valence-electron chi connectivity index (χ3n) is 5.04. The molecule has 9 nitrogen and oxygen atoms in total. The number of unbranched alkanes of at least 4 members (excludes halogenated alkanes) is 2. The van der Waals surface area contributed by atoms with Crippen LogP contribution in [0.4, 0.5) is 11.5 Å². The average Bonchev–Trinajstić information content (AvgIpc) is 2.75. The second kappa shape index (κ2) is 10.4. The molecule has 0 radical (unpaired) electrons. The normalized spacial score (nSPS) is 11.5. The lowest BCUT2D eigenvalue weighted by Crippen LogP contribution is -2.41. The number of carbonyl (C=O) groups is 1. The Bertz CT molecular complexity index is 1130. The summed E-state index contributed by atoms with van der Waals surface area (Å²) in [5.74, 6) is -0.600. The summed E-state index contributed by atoms with van der Waals surface area (Å²) < 4.78 is 25.3. The molecular formula is C21H30N4O5S. The third-order valence-corrected chi connectivity index (χ3v) is 6.79. The quantitative estimate of drug-likeness (QED) is 0.569. The predicted molar refractivity (Wildman–Crippen MR) is 121 cm³/mol. The van der Waals surface area contributed by atoms with E-state index < -0.39 is 27.0 Å². The summed E-state index contributed by atoms with van der Waals surface area (Å²) in [4.78, 5) is 41.8. The Morgan fingerprint density at radius 2 is 1.68 bits per heavy atom. The minimum absolute atomic E-state index is 0.0475. The number of H-pyrrole nitrogens is 1. The molecule has 2 aromatic rings. The molecular weight excluding hydrogens is 420 g/mol. The van der Waals surface area contributed by atoms with Gasteiger partial charge in [-0.3, -0.25) is 19.1 Å². The van der Waals surface area contributed by atoms with Crippen molar-refractivity contribution in [2.75, 3.05) is 22.9 Å². The van der Waals surface area contributed by atoms with E-state index in [0.29, 0.717) is 19.4 Å². The highest BCUT2D eigenvalue weighted by Gasteiger charge is 2.25. The van der Waals surface area contributed by atoms with Crippen molar-refractivity contribution in [1.29, 1.82) is 0 Å². The molecule has 0 spiro atoms. The number of nitrogens with zero attached hydrogens (tertiary/aromatic N) is 2.